The number of rotatable bonds is 15. The Morgan fingerprint density at radius 3 is 1.78 bits per heavy atom. The summed E-state index contributed by atoms with van der Waals surface area (Å²) in [5, 5.41) is 3.11. The van der Waals surface area contributed by atoms with Crippen LogP contribution in [0.1, 0.15) is 99.1 Å². The highest BCUT2D eigenvalue weighted by molar-refractivity contribution is 7.91. The monoisotopic (exact) mass is 679 g/mol. The molecular weight excluding hydrogens is 639 g/mol. The summed E-state index contributed by atoms with van der Waals surface area (Å²) in [4.78, 5) is 30.7. The second kappa shape index (κ2) is 16.3. The minimum atomic E-state index is -4.38. The van der Waals surface area contributed by atoms with Crippen LogP contribution < -0.4 is 0 Å². The fraction of sp³-hybridized carbons (Fsp3) is 0.282. The summed E-state index contributed by atoms with van der Waals surface area (Å²) in [7, 11) is -1.80. The van der Waals surface area contributed by atoms with Gasteiger partial charge in [-0.2, -0.15) is 0 Å². The van der Waals surface area contributed by atoms with E-state index in [0.717, 1.165) is 37.7 Å². The highest BCUT2D eigenvalue weighted by atomic mass is 32.2. The van der Waals surface area contributed by atoms with Crippen LogP contribution in [-0.2, 0) is 25.7 Å². The number of carbonyl (C=O) groups excluding carboxylic acids is 2. The Morgan fingerprint density at radius 1 is 0.673 bits per heavy atom. The molecule has 10 heteroatoms. The summed E-state index contributed by atoms with van der Waals surface area (Å²) >= 11 is 0. The molecule has 49 heavy (non-hydrogen) atoms. The number of sulfone groups is 1. The van der Waals surface area contributed by atoms with Crippen molar-refractivity contribution in [2.75, 3.05) is 14.2 Å². The maximum absolute atomic E-state index is 14.9. The van der Waals surface area contributed by atoms with Gasteiger partial charge < -0.3 is 9.47 Å². The van der Waals surface area contributed by atoms with Crippen LogP contribution in [0.25, 0.3) is 0 Å². The van der Waals surface area contributed by atoms with Gasteiger partial charge >= 0.3 is 11.9 Å². The quantitative estimate of drug-likeness (QED) is 0.0822. The lowest BCUT2D eigenvalue weighted by molar-refractivity contribution is 0.0590. The minimum Gasteiger partial charge on any atom is -0.465 e. The molecule has 2 atom stereocenters. The maximum atomic E-state index is 14.9. The van der Waals surface area contributed by atoms with Crippen molar-refractivity contribution in [2.45, 2.75) is 61.9 Å². The summed E-state index contributed by atoms with van der Waals surface area (Å²) in [5.74, 6) is -0.702. The van der Waals surface area contributed by atoms with Gasteiger partial charge in [-0.15, -0.1) is 5.10 Å². The third-order valence-electron chi connectivity index (χ3n) is 8.52. The lowest BCUT2D eigenvalue weighted by Crippen LogP contribution is -2.22. The van der Waals surface area contributed by atoms with Gasteiger partial charge in [0.2, 0.25) is 9.84 Å². The molecule has 0 aliphatic carbocycles. The number of benzene rings is 4. The Hall–Kier alpha value is -5.09. The van der Waals surface area contributed by atoms with Crippen molar-refractivity contribution in [1.82, 2.24) is 14.8 Å². The number of nitrogens with zero attached hydrogens (tertiary/aromatic N) is 3. The molecule has 0 aliphatic heterocycles. The number of aryl methyl sites for hydroxylation is 1. The second-order valence-electron chi connectivity index (χ2n) is 11.7. The third-order valence-corrected chi connectivity index (χ3v) is 10.4. The molecule has 0 bridgehead atoms. The standard InChI is InChI=1S/C39H41N3O6S/c1-4-5-6-7-14-27-34-40-39(41-42(34)35(28-19-10-8-11-20-28)30-23-15-17-25-32(30)37(43)47-2)49(45,46)36(29-21-12-9-13-22-29)31-24-16-18-26-33(31)38(44)48-3/h8-13,15-26,35-36H,4-7,14,27H2,1-3H3. The minimum absolute atomic E-state index is 0.132. The van der Waals surface area contributed by atoms with E-state index in [-0.39, 0.29) is 16.3 Å². The molecule has 0 N–H and O–H groups in total. The Kier molecular flexibility index (Phi) is 11.7. The van der Waals surface area contributed by atoms with Gasteiger partial charge in [0.15, 0.2) is 0 Å². The van der Waals surface area contributed by atoms with Crippen molar-refractivity contribution in [3.63, 3.8) is 0 Å². The van der Waals surface area contributed by atoms with Crippen LogP contribution in [0, 0.1) is 0 Å². The van der Waals surface area contributed by atoms with E-state index in [1.165, 1.54) is 14.2 Å². The molecule has 0 saturated carbocycles. The van der Waals surface area contributed by atoms with Gasteiger partial charge in [-0.25, -0.2) is 27.7 Å². The molecule has 0 radical (unpaired) electrons. The van der Waals surface area contributed by atoms with E-state index in [1.54, 1.807) is 71.4 Å². The normalized spacial score (nSPS) is 12.6. The van der Waals surface area contributed by atoms with E-state index in [0.29, 0.717) is 28.9 Å². The summed E-state index contributed by atoms with van der Waals surface area (Å²) in [6, 6.07) is 31.1. The number of aromatic nitrogens is 3. The fourth-order valence-electron chi connectivity index (χ4n) is 6.12. The number of unbranched alkanes of at least 4 members (excludes halogenated alkanes) is 4. The molecule has 1 heterocycles. The highest BCUT2D eigenvalue weighted by Crippen LogP contribution is 2.38. The SMILES string of the molecule is CCCCCCCc1nc(S(=O)(=O)C(c2ccccc2)c2ccccc2C(=O)OC)nn1C(c1ccccc1)c1ccccc1C(=O)OC. The number of hydrogen-bond acceptors (Lipinski definition) is 8. The fourth-order valence-corrected chi connectivity index (χ4v) is 7.82. The van der Waals surface area contributed by atoms with Crippen LogP contribution in [0.15, 0.2) is 114 Å². The van der Waals surface area contributed by atoms with Gasteiger partial charge in [-0.05, 0) is 40.8 Å². The molecule has 1 aromatic heterocycles. The predicted molar refractivity (Wildman–Crippen MR) is 187 cm³/mol. The summed E-state index contributed by atoms with van der Waals surface area (Å²) in [6.45, 7) is 2.15. The number of carbonyl (C=O) groups is 2. The second-order valence-corrected chi connectivity index (χ2v) is 13.7. The lowest BCUT2D eigenvalue weighted by atomic mass is 9.94. The van der Waals surface area contributed by atoms with Crippen LogP contribution in [0.3, 0.4) is 0 Å². The molecule has 0 aliphatic rings. The number of methoxy groups -OCH3 is 2. The van der Waals surface area contributed by atoms with Gasteiger partial charge in [0, 0.05) is 6.42 Å². The third kappa shape index (κ3) is 7.81. The predicted octanol–water partition coefficient (Wildman–Crippen LogP) is 7.57. The van der Waals surface area contributed by atoms with Crippen molar-refractivity contribution in [3.05, 3.63) is 148 Å². The molecule has 5 aromatic rings. The molecule has 0 fully saturated rings. The van der Waals surface area contributed by atoms with Gasteiger partial charge in [0.1, 0.15) is 17.1 Å². The summed E-state index contributed by atoms with van der Waals surface area (Å²) in [5.41, 5.74) is 2.56. The Balaban J connectivity index is 1.74. The largest absolute Gasteiger partial charge is 0.465 e. The van der Waals surface area contributed by atoms with Gasteiger partial charge in [0.05, 0.1) is 25.3 Å². The van der Waals surface area contributed by atoms with Crippen molar-refractivity contribution >= 4 is 21.8 Å². The molecule has 0 amide bonds. The molecule has 5 rings (SSSR count). The maximum Gasteiger partial charge on any atom is 0.338 e. The smallest absolute Gasteiger partial charge is 0.338 e. The first kappa shape index (κ1) is 35.2. The van der Waals surface area contributed by atoms with E-state index >= 15 is 0 Å². The van der Waals surface area contributed by atoms with E-state index < -0.39 is 33.1 Å². The molecule has 9 nitrogen and oxygen atoms in total. The van der Waals surface area contributed by atoms with E-state index in [4.69, 9.17) is 19.6 Å². The Labute approximate surface area is 287 Å². The zero-order valence-electron chi connectivity index (χ0n) is 28.0. The Morgan fingerprint density at radius 2 is 1.18 bits per heavy atom. The van der Waals surface area contributed by atoms with Crippen LogP contribution in [-0.4, -0.2) is 49.3 Å². The van der Waals surface area contributed by atoms with Crippen LogP contribution in [0.4, 0.5) is 0 Å². The zero-order chi connectivity index (χ0) is 34.8. The highest BCUT2D eigenvalue weighted by Gasteiger charge is 2.38. The van der Waals surface area contributed by atoms with Crippen molar-refractivity contribution < 1.29 is 27.5 Å². The molecule has 2 unspecified atom stereocenters. The topological polar surface area (TPSA) is 117 Å². The number of ether oxygens (including phenoxy) is 2. The summed E-state index contributed by atoms with van der Waals surface area (Å²) in [6.07, 6.45) is 5.41. The van der Waals surface area contributed by atoms with E-state index in [9.17, 15) is 18.0 Å². The van der Waals surface area contributed by atoms with Crippen LogP contribution in [0.5, 0.6) is 0 Å². The van der Waals surface area contributed by atoms with Gasteiger partial charge in [-0.1, -0.05) is 130 Å². The van der Waals surface area contributed by atoms with Crippen molar-refractivity contribution in [1.29, 1.82) is 0 Å². The summed E-state index contributed by atoms with van der Waals surface area (Å²) < 4.78 is 41.7. The lowest BCUT2D eigenvalue weighted by Gasteiger charge is -2.22. The number of hydrogen-bond donors (Lipinski definition) is 0. The van der Waals surface area contributed by atoms with Gasteiger partial charge in [-0.3, -0.25) is 0 Å². The van der Waals surface area contributed by atoms with E-state index in [1.807, 2.05) is 42.5 Å². The molecule has 4 aromatic carbocycles. The first-order valence-electron chi connectivity index (χ1n) is 16.5. The first-order chi connectivity index (χ1) is 23.8. The van der Waals surface area contributed by atoms with Crippen molar-refractivity contribution in [3.8, 4) is 0 Å². The van der Waals surface area contributed by atoms with Crippen molar-refractivity contribution in [2.24, 2.45) is 0 Å². The zero-order valence-corrected chi connectivity index (χ0v) is 28.8. The number of esters is 2. The molecule has 254 valence electrons. The van der Waals surface area contributed by atoms with E-state index in [2.05, 4.69) is 6.92 Å². The van der Waals surface area contributed by atoms with Crippen LogP contribution >= 0.6 is 0 Å². The average Bonchev–Trinajstić information content (AvgIpc) is 3.56. The van der Waals surface area contributed by atoms with Gasteiger partial charge in [0.25, 0.3) is 5.16 Å². The Bertz CT molecular complexity index is 1980. The average molecular weight is 680 g/mol. The van der Waals surface area contributed by atoms with Crippen LogP contribution in [0.2, 0.25) is 0 Å². The first-order valence-corrected chi connectivity index (χ1v) is 18.0. The molecular formula is C39H41N3O6S. The molecule has 0 saturated heterocycles. The molecule has 0 spiro atoms.